The quantitative estimate of drug-likeness (QED) is 0.637. The van der Waals surface area contributed by atoms with Crippen molar-refractivity contribution < 1.29 is 13.5 Å². The Morgan fingerprint density at radius 1 is 1.14 bits per heavy atom. The molecule has 86 valence electrons. The number of rotatable bonds is 8. The minimum absolute atomic E-state index is 0.210. The second-order valence-electron chi connectivity index (χ2n) is 3.65. The van der Waals surface area contributed by atoms with Gasteiger partial charge in [0.2, 0.25) is 0 Å². The van der Waals surface area contributed by atoms with Gasteiger partial charge in [-0.3, -0.25) is 0 Å². The number of hydrogen-bond donors (Lipinski definition) is 1. The van der Waals surface area contributed by atoms with Crippen molar-refractivity contribution >= 4 is 9.84 Å². The Morgan fingerprint density at radius 2 is 1.79 bits per heavy atom. The van der Waals surface area contributed by atoms with Crippen LogP contribution in [-0.4, -0.2) is 31.1 Å². The van der Waals surface area contributed by atoms with Crippen LogP contribution in [0.1, 0.15) is 46.0 Å². The third-order valence-electron chi connectivity index (χ3n) is 2.40. The highest BCUT2D eigenvalue weighted by molar-refractivity contribution is 7.91. The van der Waals surface area contributed by atoms with Crippen LogP contribution < -0.4 is 0 Å². The van der Waals surface area contributed by atoms with Crippen LogP contribution in [0.5, 0.6) is 0 Å². The molecule has 0 aromatic carbocycles. The van der Waals surface area contributed by atoms with Gasteiger partial charge in [-0.25, -0.2) is 8.42 Å². The number of unbranched alkanes of at least 4 members (excludes halogenated alkanes) is 2. The molecular weight excluding hydrogens is 200 g/mol. The maximum Gasteiger partial charge on any atom is 0.150 e. The molecule has 3 nitrogen and oxygen atoms in total. The first-order valence-electron chi connectivity index (χ1n) is 5.40. The van der Waals surface area contributed by atoms with Gasteiger partial charge < -0.3 is 5.11 Å². The summed E-state index contributed by atoms with van der Waals surface area (Å²) >= 11 is 0. The maximum atomic E-state index is 11.1. The van der Waals surface area contributed by atoms with Crippen LogP contribution in [0.2, 0.25) is 0 Å². The molecule has 1 unspecified atom stereocenters. The Bertz CT molecular complexity index is 222. The fourth-order valence-electron chi connectivity index (χ4n) is 1.23. The van der Waals surface area contributed by atoms with Crippen molar-refractivity contribution in [3.05, 3.63) is 0 Å². The highest BCUT2D eigenvalue weighted by Crippen LogP contribution is 2.07. The first-order chi connectivity index (χ1) is 6.52. The molecule has 0 rings (SSSR count). The van der Waals surface area contributed by atoms with Crippen molar-refractivity contribution in [2.75, 3.05) is 11.5 Å². The van der Waals surface area contributed by atoms with Crippen molar-refractivity contribution in [3.63, 3.8) is 0 Å². The van der Waals surface area contributed by atoms with Crippen LogP contribution in [0.3, 0.4) is 0 Å². The zero-order valence-corrected chi connectivity index (χ0v) is 10.0. The van der Waals surface area contributed by atoms with E-state index in [1.165, 1.54) is 0 Å². The van der Waals surface area contributed by atoms with E-state index < -0.39 is 9.84 Å². The van der Waals surface area contributed by atoms with Crippen molar-refractivity contribution in [2.24, 2.45) is 0 Å². The van der Waals surface area contributed by atoms with Crippen LogP contribution in [0.15, 0.2) is 0 Å². The maximum absolute atomic E-state index is 11.1. The van der Waals surface area contributed by atoms with E-state index in [2.05, 4.69) is 0 Å². The normalized spacial score (nSPS) is 14.2. The standard InChI is InChI=1S/C10H22O3S/c1-3-10(11)8-6-5-7-9-14(12,13)4-2/h10-11H,3-9H2,1-2H3. The second kappa shape index (κ2) is 7.23. The van der Waals surface area contributed by atoms with Crippen LogP contribution in [0, 0.1) is 0 Å². The van der Waals surface area contributed by atoms with Gasteiger partial charge in [-0.2, -0.15) is 0 Å². The molecule has 14 heavy (non-hydrogen) atoms. The number of hydrogen-bond acceptors (Lipinski definition) is 3. The zero-order chi connectivity index (χ0) is 11.0. The van der Waals surface area contributed by atoms with Crippen LogP contribution in [-0.2, 0) is 9.84 Å². The average molecular weight is 222 g/mol. The van der Waals surface area contributed by atoms with Gasteiger partial charge in [0.15, 0.2) is 0 Å². The van der Waals surface area contributed by atoms with E-state index in [4.69, 9.17) is 0 Å². The summed E-state index contributed by atoms with van der Waals surface area (Å²) in [6.45, 7) is 3.63. The molecule has 0 bridgehead atoms. The number of sulfone groups is 1. The Balaban J connectivity index is 3.39. The molecule has 0 aliphatic rings. The fraction of sp³-hybridized carbons (Fsp3) is 1.00. The Hall–Kier alpha value is -0.0900. The van der Waals surface area contributed by atoms with E-state index in [9.17, 15) is 13.5 Å². The molecule has 0 saturated heterocycles. The van der Waals surface area contributed by atoms with Gasteiger partial charge >= 0.3 is 0 Å². The van der Waals surface area contributed by atoms with E-state index in [1.807, 2.05) is 6.92 Å². The molecule has 1 atom stereocenters. The predicted molar refractivity (Wildman–Crippen MR) is 59.1 cm³/mol. The van der Waals surface area contributed by atoms with Gasteiger partial charge in [0.25, 0.3) is 0 Å². The number of aliphatic hydroxyl groups is 1. The minimum Gasteiger partial charge on any atom is -0.393 e. The Kier molecular flexibility index (Phi) is 7.19. The van der Waals surface area contributed by atoms with Gasteiger partial charge in [0.1, 0.15) is 9.84 Å². The highest BCUT2D eigenvalue weighted by Gasteiger charge is 2.06. The smallest absolute Gasteiger partial charge is 0.150 e. The molecule has 0 amide bonds. The van der Waals surface area contributed by atoms with Gasteiger partial charge in [-0.1, -0.05) is 26.7 Å². The summed E-state index contributed by atoms with van der Waals surface area (Å²) in [5, 5.41) is 9.25. The van der Waals surface area contributed by atoms with Gasteiger partial charge in [-0.05, 0) is 19.3 Å². The summed E-state index contributed by atoms with van der Waals surface area (Å²) in [5.41, 5.74) is 0. The average Bonchev–Trinajstić information content (AvgIpc) is 2.17. The van der Waals surface area contributed by atoms with Crippen molar-refractivity contribution in [1.82, 2.24) is 0 Å². The lowest BCUT2D eigenvalue weighted by molar-refractivity contribution is 0.157. The molecule has 0 aliphatic heterocycles. The van der Waals surface area contributed by atoms with Gasteiger partial charge in [-0.15, -0.1) is 0 Å². The second-order valence-corrected chi connectivity index (χ2v) is 6.12. The summed E-state index contributed by atoms with van der Waals surface area (Å²) in [6.07, 6.45) is 3.92. The summed E-state index contributed by atoms with van der Waals surface area (Å²) in [6, 6.07) is 0. The molecule has 1 N–H and O–H groups in total. The minimum atomic E-state index is -2.79. The molecule has 0 saturated carbocycles. The SMILES string of the molecule is CCC(O)CCCCCS(=O)(=O)CC. The van der Waals surface area contributed by atoms with E-state index in [0.29, 0.717) is 5.75 Å². The van der Waals surface area contributed by atoms with Crippen molar-refractivity contribution in [2.45, 2.75) is 52.1 Å². The van der Waals surface area contributed by atoms with E-state index in [1.54, 1.807) is 6.92 Å². The van der Waals surface area contributed by atoms with Gasteiger partial charge in [0.05, 0.1) is 11.9 Å². The van der Waals surface area contributed by atoms with Crippen molar-refractivity contribution in [3.8, 4) is 0 Å². The molecule has 0 heterocycles. The Labute approximate surface area is 87.4 Å². The molecule has 0 radical (unpaired) electrons. The molecular formula is C10H22O3S. The first-order valence-corrected chi connectivity index (χ1v) is 7.22. The summed E-state index contributed by atoms with van der Waals surface area (Å²) < 4.78 is 22.2. The highest BCUT2D eigenvalue weighted by atomic mass is 32.2. The summed E-state index contributed by atoms with van der Waals surface area (Å²) in [7, 11) is -2.79. The zero-order valence-electron chi connectivity index (χ0n) is 9.20. The lowest BCUT2D eigenvalue weighted by atomic mass is 10.1. The topological polar surface area (TPSA) is 54.4 Å². The van der Waals surface area contributed by atoms with E-state index >= 15 is 0 Å². The molecule has 0 aliphatic carbocycles. The largest absolute Gasteiger partial charge is 0.393 e. The Morgan fingerprint density at radius 3 is 2.29 bits per heavy atom. The van der Waals surface area contributed by atoms with Crippen LogP contribution in [0.4, 0.5) is 0 Å². The first kappa shape index (κ1) is 13.9. The molecule has 0 fully saturated rings. The van der Waals surface area contributed by atoms with Crippen LogP contribution in [0.25, 0.3) is 0 Å². The molecule has 0 spiro atoms. The number of aliphatic hydroxyl groups excluding tert-OH is 1. The van der Waals surface area contributed by atoms with E-state index in [0.717, 1.165) is 32.1 Å². The predicted octanol–water partition coefficient (Wildman–Crippen LogP) is 1.75. The monoisotopic (exact) mass is 222 g/mol. The van der Waals surface area contributed by atoms with Gasteiger partial charge in [0, 0.05) is 5.75 Å². The lowest BCUT2D eigenvalue weighted by Crippen LogP contribution is -2.09. The molecule has 0 aromatic rings. The fourth-order valence-corrected chi connectivity index (χ4v) is 2.16. The van der Waals surface area contributed by atoms with E-state index in [-0.39, 0.29) is 11.9 Å². The van der Waals surface area contributed by atoms with Crippen LogP contribution >= 0.6 is 0 Å². The summed E-state index contributed by atoms with van der Waals surface area (Å²) in [5.74, 6) is 0.538. The lowest BCUT2D eigenvalue weighted by Gasteiger charge is -2.06. The third kappa shape index (κ3) is 7.33. The third-order valence-corrected chi connectivity index (χ3v) is 4.19. The van der Waals surface area contributed by atoms with Crippen molar-refractivity contribution in [1.29, 1.82) is 0 Å². The summed E-state index contributed by atoms with van der Waals surface area (Å²) in [4.78, 5) is 0. The molecule has 0 aromatic heterocycles. The molecule has 4 heteroatoms.